The van der Waals surface area contributed by atoms with Crippen molar-refractivity contribution in [2.24, 2.45) is 0 Å². The van der Waals surface area contributed by atoms with Crippen LogP contribution in [0.5, 0.6) is 0 Å². The summed E-state index contributed by atoms with van der Waals surface area (Å²) in [5.74, 6) is 0.896. The molecule has 3 heteroatoms. The molecule has 0 bridgehead atoms. The SMILES string of the molecule is Nc1ccc(SCCC[O])cc1. The molecule has 0 spiro atoms. The van der Waals surface area contributed by atoms with Crippen LogP contribution in [-0.2, 0) is 5.11 Å². The Hall–Kier alpha value is -0.670. The van der Waals surface area contributed by atoms with E-state index >= 15 is 0 Å². The number of thioether (sulfide) groups is 1. The summed E-state index contributed by atoms with van der Waals surface area (Å²) >= 11 is 1.70. The van der Waals surface area contributed by atoms with E-state index in [-0.39, 0.29) is 6.61 Å². The van der Waals surface area contributed by atoms with E-state index in [1.807, 2.05) is 24.3 Å². The summed E-state index contributed by atoms with van der Waals surface area (Å²) in [5.41, 5.74) is 6.30. The zero-order valence-corrected chi connectivity index (χ0v) is 7.64. The van der Waals surface area contributed by atoms with E-state index in [1.54, 1.807) is 11.8 Å². The molecule has 0 amide bonds. The van der Waals surface area contributed by atoms with Crippen molar-refractivity contribution >= 4 is 17.4 Å². The molecule has 0 fully saturated rings. The Morgan fingerprint density at radius 1 is 1.25 bits per heavy atom. The number of hydrogen-bond donors (Lipinski definition) is 1. The van der Waals surface area contributed by atoms with Crippen LogP contribution in [0.3, 0.4) is 0 Å². The first kappa shape index (κ1) is 9.42. The second kappa shape index (κ2) is 5.06. The fourth-order valence-electron chi connectivity index (χ4n) is 0.813. The Balaban J connectivity index is 2.37. The summed E-state index contributed by atoms with van der Waals surface area (Å²) in [6.07, 6.45) is 0.731. The number of benzene rings is 1. The Morgan fingerprint density at radius 3 is 2.50 bits per heavy atom. The van der Waals surface area contributed by atoms with E-state index in [2.05, 4.69) is 0 Å². The second-order valence-corrected chi connectivity index (χ2v) is 3.64. The van der Waals surface area contributed by atoms with Gasteiger partial charge in [0.1, 0.15) is 0 Å². The summed E-state index contributed by atoms with van der Waals surface area (Å²) in [6, 6.07) is 7.70. The van der Waals surface area contributed by atoms with Crippen molar-refractivity contribution in [1.82, 2.24) is 0 Å². The molecule has 2 N–H and O–H groups in total. The maximum absolute atomic E-state index is 10.1. The maximum Gasteiger partial charge on any atom is 0.0830 e. The molecule has 0 atom stereocenters. The lowest BCUT2D eigenvalue weighted by Gasteiger charge is -1.99. The summed E-state index contributed by atoms with van der Waals surface area (Å²) in [6.45, 7) is 0.0158. The van der Waals surface area contributed by atoms with E-state index in [1.165, 1.54) is 4.90 Å². The standard InChI is InChI=1S/C9H12NOS/c10-8-2-4-9(5-3-8)12-7-1-6-11/h2-5H,1,6-7,10H2. The van der Waals surface area contributed by atoms with Gasteiger partial charge in [-0.1, -0.05) is 0 Å². The Labute approximate surface area is 76.8 Å². The van der Waals surface area contributed by atoms with E-state index < -0.39 is 0 Å². The van der Waals surface area contributed by atoms with Gasteiger partial charge in [-0.25, -0.2) is 5.11 Å². The Kier molecular flexibility index (Phi) is 3.97. The Bertz CT molecular complexity index is 222. The van der Waals surface area contributed by atoms with Gasteiger partial charge in [-0.15, -0.1) is 11.8 Å². The van der Waals surface area contributed by atoms with Gasteiger partial charge in [0, 0.05) is 16.3 Å². The molecule has 0 heterocycles. The van der Waals surface area contributed by atoms with Gasteiger partial charge in [0.25, 0.3) is 0 Å². The average molecular weight is 182 g/mol. The minimum atomic E-state index is 0.0158. The number of anilines is 1. The maximum atomic E-state index is 10.1. The highest BCUT2D eigenvalue weighted by atomic mass is 32.2. The van der Waals surface area contributed by atoms with Crippen LogP contribution in [0, 0.1) is 0 Å². The molecule has 1 aromatic rings. The van der Waals surface area contributed by atoms with Crippen LogP contribution < -0.4 is 5.73 Å². The molecule has 0 saturated carbocycles. The predicted molar refractivity (Wildman–Crippen MR) is 51.7 cm³/mol. The molecule has 0 unspecified atom stereocenters. The van der Waals surface area contributed by atoms with Gasteiger partial charge >= 0.3 is 0 Å². The van der Waals surface area contributed by atoms with Gasteiger partial charge in [0.15, 0.2) is 0 Å². The highest BCUT2D eigenvalue weighted by Crippen LogP contribution is 2.19. The number of nitrogens with two attached hydrogens (primary N) is 1. The topological polar surface area (TPSA) is 45.9 Å². The number of nitrogen functional groups attached to an aromatic ring is 1. The fraction of sp³-hybridized carbons (Fsp3) is 0.333. The van der Waals surface area contributed by atoms with Crippen LogP contribution in [0.25, 0.3) is 0 Å². The molecule has 1 rings (SSSR count). The Morgan fingerprint density at radius 2 is 1.92 bits per heavy atom. The van der Waals surface area contributed by atoms with Crippen LogP contribution in [0.4, 0.5) is 5.69 Å². The highest BCUT2D eigenvalue weighted by Gasteiger charge is 1.92. The highest BCUT2D eigenvalue weighted by molar-refractivity contribution is 7.99. The van der Waals surface area contributed by atoms with Gasteiger partial charge in [0.05, 0.1) is 6.61 Å². The zero-order valence-electron chi connectivity index (χ0n) is 6.82. The molecular weight excluding hydrogens is 170 g/mol. The van der Waals surface area contributed by atoms with E-state index in [0.29, 0.717) is 0 Å². The average Bonchev–Trinajstić information content (AvgIpc) is 2.09. The smallest absolute Gasteiger partial charge is 0.0830 e. The minimum absolute atomic E-state index is 0.0158. The zero-order chi connectivity index (χ0) is 8.81. The molecule has 1 radical (unpaired) electrons. The molecule has 0 saturated heterocycles. The first-order chi connectivity index (χ1) is 5.83. The summed E-state index contributed by atoms with van der Waals surface area (Å²) in [5, 5.41) is 10.1. The van der Waals surface area contributed by atoms with Crippen LogP contribution in [0.2, 0.25) is 0 Å². The van der Waals surface area contributed by atoms with Crippen molar-refractivity contribution in [3.05, 3.63) is 24.3 Å². The van der Waals surface area contributed by atoms with Crippen LogP contribution in [-0.4, -0.2) is 12.4 Å². The van der Waals surface area contributed by atoms with Gasteiger partial charge < -0.3 is 5.73 Å². The number of rotatable bonds is 4. The van der Waals surface area contributed by atoms with Crippen molar-refractivity contribution in [1.29, 1.82) is 0 Å². The van der Waals surface area contributed by atoms with Crippen molar-refractivity contribution in [3.8, 4) is 0 Å². The van der Waals surface area contributed by atoms with Crippen LogP contribution in [0.1, 0.15) is 6.42 Å². The molecular formula is C9H12NOS. The number of hydrogen-bond acceptors (Lipinski definition) is 2. The third kappa shape index (κ3) is 3.15. The summed E-state index contributed by atoms with van der Waals surface area (Å²) in [7, 11) is 0. The van der Waals surface area contributed by atoms with Gasteiger partial charge in [0.2, 0.25) is 0 Å². The fourth-order valence-corrected chi connectivity index (χ4v) is 1.64. The predicted octanol–water partition coefficient (Wildman–Crippen LogP) is 2.18. The summed E-state index contributed by atoms with van der Waals surface area (Å²) < 4.78 is 0. The monoisotopic (exact) mass is 182 g/mol. The molecule has 0 aliphatic rings. The molecule has 0 aromatic heterocycles. The van der Waals surface area contributed by atoms with Crippen molar-refractivity contribution in [2.75, 3.05) is 18.1 Å². The minimum Gasteiger partial charge on any atom is -0.399 e. The summed E-state index contributed by atoms with van der Waals surface area (Å²) in [4.78, 5) is 1.18. The largest absolute Gasteiger partial charge is 0.399 e. The van der Waals surface area contributed by atoms with Crippen molar-refractivity contribution < 1.29 is 5.11 Å². The third-order valence-electron chi connectivity index (χ3n) is 1.44. The normalized spacial score (nSPS) is 10.1. The van der Waals surface area contributed by atoms with E-state index in [9.17, 15) is 5.11 Å². The first-order valence-electron chi connectivity index (χ1n) is 3.89. The van der Waals surface area contributed by atoms with Crippen LogP contribution in [0.15, 0.2) is 29.2 Å². The molecule has 1 aromatic carbocycles. The van der Waals surface area contributed by atoms with Crippen LogP contribution >= 0.6 is 11.8 Å². The first-order valence-corrected chi connectivity index (χ1v) is 4.88. The molecule has 2 nitrogen and oxygen atoms in total. The molecule has 0 aliphatic heterocycles. The lowest BCUT2D eigenvalue weighted by molar-refractivity contribution is 0.194. The van der Waals surface area contributed by atoms with Crippen molar-refractivity contribution in [2.45, 2.75) is 11.3 Å². The van der Waals surface area contributed by atoms with Gasteiger partial charge in [-0.3, -0.25) is 0 Å². The van der Waals surface area contributed by atoms with Gasteiger partial charge in [-0.2, -0.15) is 0 Å². The van der Waals surface area contributed by atoms with Crippen molar-refractivity contribution in [3.63, 3.8) is 0 Å². The van der Waals surface area contributed by atoms with E-state index in [0.717, 1.165) is 17.9 Å². The lowest BCUT2D eigenvalue weighted by atomic mass is 10.3. The van der Waals surface area contributed by atoms with E-state index in [4.69, 9.17) is 5.73 Å². The molecule has 12 heavy (non-hydrogen) atoms. The van der Waals surface area contributed by atoms with Gasteiger partial charge in [-0.05, 0) is 30.7 Å². The molecule has 65 valence electrons. The third-order valence-corrected chi connectivity index (χ3v) is 2.54. The second-order valence-electron chi connectivity index (χ2n) is 2.48. The quantitative estimate of drug-likeness (QED) is 0.440. The molecule has 0 aliphatic carbocycles. The lowest BCUT2D eigenvalue weighted by Crippen LogP contribution is -1.85.